The van der Waals surface area contributed by atoms with Gasteiger partial charge in [0, 0.05) is 19.8 Å². The van der Waals surface area contributed by atoms with Crippen molar-refractivity contribution in [3.05, 3.63) is 30.3 Å². The lowest BCUT2D eigenvalue weighted by atomic mass is 10.3. The maximum absolute atomic E-state index is 2.38. The maximum Gasteiger partial charge on any atom is 0.0360 e. The molecule has 0 aliphatic rings. The van der Waals surface area contributed by atoms with Gasteiger partial charge < -0.3 is 9.80 Å². The molecular weight excluding hydrogens is 196 g/mol. The first-order chi connectivity index (χ1) is 7.65. The zero-order valence-electron chi connectivity index (χ0n) is 11.4. The van der Waals surface area contributed by atoms with Crippen LogP contribution >= 0.6 is 0 Å². The van der Waals surface area contributed by atoms with Crippen molar-refractivity contribution in [2.75, 3.05) is 38.6 Å². The van der Waals surface area contributed by atoms with Crippen LogP contribution in [0.15, 0.2) is 30.3 Å². The minimum atomic E-state index is 1.19. The third-order valence-electron chi connectivity index (χ3n) is 2.61. The Morgan fingerprint density at radius 3 is 1.44 bits per heavy atom. The Balaban J connectivity index is 0.000000293. The van der Waals surface area contributed by atoms with Gasteiger partial charge in [0.2, 0.25) is 0 Å². The van der Waals surface area contributed by atoms with E-state index in [9.17, 15) is 0 Å². The van der Waals surface area contributed by atoms with Gasteiger partial charge in [-0.05, 0) is 31.8 Å². The van der Waals surface area contributed by atoms with Gasteiger partial charge in [-0.3, -0.25) is 0 Å². The molecular formula is C14H26N2. The monoisotopic (exact) mass is 222 g/mol. The van der Waals surface area contributed by atoms with Gasteiger partial charge in [0.05, 0.1) is 0 Å². The molecule has 1 aromatic carbocycles. The summed E-state index contributed by atoms with van der Waals surface area (Å²) in [6.07, 6.45) is 0. The molecule has 0 spiro atoms. The van der Waals surface area contributed by atoms with Crippen molar-refractivity contribution in [2.45, 2.75) is 20.8 Å². The second kappa shape index (κ2) is 9.22. The van der Waals surface area contributed by atoms with Gasteiger partial charge in [0.1, 0.15) is 0 Å². The Hall–Kier alpha value is -1.02. The van der Waals surface area contributed by atoms with Crippen molar-refractivity contribution in [3.63, 3.8) is 0 Å². The molecule has 0 aliphatic heterocycles. The van der Waals surface area contributed by atoms with Gasteiger partial charge in [-0.1, -0.05) is 39.0 Å². The first kappa shape index (κ1) is 15.0. The van der Waals surface area contributed by atoms with Crippen LogP contribution < -0.4 is 4.90 Å². The van der Waals surface area contributed by atoms with Gasteiger partial charge >= 0.3 is 0 Å². The van der Waals surface area contributed by atoms with Crippen molar-refractivity contribution in [2.24, 2.45) is 0 Å². The highest BCUT2D eigenvalue weighted by Gasteiger charge is 1.89. The largest absolute Gasteiger partial charge is 0.378 e. The lowest BCUT2D eigenvalue weighted by Crippen LogP contribution is -2.21. The van der Waals surface area contributed by atoms with Crippen LogP contribution in [0.1, 0.15) is 20.8 Å². The van der Waals surface area contributed by atoms with Crippen LogP contribution in [0.3, 0.4) is 0 Å². The summed E-state index contributed by atoms with van der Waals surface area (Å²) in [5, 5.41) is 0. The summed E-state index contributed by atoms with van der Waals surface area (Å²) in [7, 11) is 4.07. The third kappa shape index (κ3) is 6.46. The topological polar surface area (TPSA) is 6.48 Å². The van der Waals surface area contributed by atoms with Crippen molar-refractivity contribution in [3.8, 4) is 0 Å². The van der Waals surface area contributed by atoms with Crippen LogP contribution in [0.4, 0.5) is 5.69 Å². The lowest BCUT2D eigenvalue weighted by Gasteiger charge is -2.13. The summed E-state index contributed by atoms with van der Waals surface area (Å²) < 4.78 is 0. The summed E-state index contributed by atoms with van der Waals surface area (Å²) in [6, 6.07) is 10.3. The van der Waals surface area contributed by atoms with E-state index < -0.39 is 0 Å². The van der Waals surface area contributed by atoms with E-state index in [0.717, 1.165) is 0 Å². The quantitative estimate of drug-likeness (QED) is 0.772. The van der Waals surface area contributed by atoms with Gasteiger partial charge in [-0.2, -0.15) is 0 Å². The van der Waals surface area contributed by atoms with Gasteiger partial charge in [-0.25, -0.2) is 0 Å². The average Bonchev–Trinajstić information content (AvgIpc) is 2.33. The second-order valence-corrected chi connectivity index (χ2v) is 3.85. The molecule has 0 radical (unpaired) electrons. The summed E-state index contributed by atoms with van der Waals surface area (Å²) in [6.45, 7) is 10.1. The van der Waals surface area contributed by atoms with Crippen molar-refractivity contribution in [1.29, 1.82) is 0 Å². The number of nitrogens with zero attached hydrogens (tertiary/aromatic N) is 2. The second-order valence-electron chi connectivity index (χ2n) is 3.85. The summed E-state index contributed by atoms with van der Waals surface area (Å²) in [5.41, 5.74) is 1.25. The summed E-state index contributed by atoms with van der Waals surface area (Å²) in [4.78, 5) is 4.46. The van der Waals surface area contributed by atoms with E-state index in [-0.39, 0.29) is 0 Å². The van der Waals surface area contributed by atoms with E-state index in [1.807, 2.05) is 32.3 Å². The Morgan fingerprint density at radius 1 is 0.812 bits per heavy atom. The number of benzene rings is 1. The summed E-state index contributed by atoms with van der Waals surface area (Å²) >= 11 is 0. The molecule has 92 valence electrons. The Morgan fingerprint density at radius 2 is 1.25 bits per heavy atom. The number of para-hydroxylation sites is 1. The molecule has 2 nitrogen and oxygen atoms in total. The van der Waals surface area contributed by atoms with Gasteiger partial charge in [0.25, 0.3) is 0 Å². The molecule has 1 aromatic rings. The molecule has 0 fully saturated rings. The van der Waals surface area contributed by atoms with Crippen LogP contribution in [0.5, 0.6) is 0 Å². The smallest absolute Gasteiger partial charge is 0.0360 e. The molecule has 0 saturated carbocycles. The fourth-order valence-electron chi connectivity index (χ4n) is 1.40. The maximum atomic E-state index is 2.38. The summed E-state index contributed by atoms with van der Waals surface area (Å²) in [5.74, 6) is 0. The molecule has 0 aliphatic carbocycles. The van der Waals surface area contributed by atoms with Crippen LogP contribution in [-0.4, -0.2) is 38.6 Å². The molecule has 0 atom stereocenters. The van der Waals surface area contributed by atoms with Crippen LogP contribution in [0, 0.1) is 0 Å². The van der Waals surface area contributed by atoms with Crippen LogP contribution in [0.2, 0.25) is 0 Å². The molecule has 0 heterocycles. The Bertz CT molecular complexity index is 235. The molecule has 0 amide bonds. The van der Waals surface area contributed by atoms with Gasteiger partial charge in [-0.15, -0.1) is 0 Å². The number of hydrogen-bond donors (Lipinski definition) is 0. The van der Waals surface area contributed by atoms with Crippen molar-refractivity contribution < 1.29 is 0 Å². The first-order valence-corrected chi connectivity index (χ1v) is 6.10. The van der Waals surface area contributed by atoms with E-state index in [0.29, 0.717) is 0 Å². The molecule has 2 heteroatoms. The first-order valence-electron chi connectivity index (χ1n) is 6.10. The minimum absolute atomic E-state index is 1.19. The van der Waals surface area contributed by atoms with Crippen LogP contribution in [0.25, 0.3) is 0 Å². The van der Waals surface area contributed by atoms with Gasteiger partial charge in [0.15, 0.2) is 0 Å². The Labute approximate surface area is 101 Å². The highest BCUT2D eigenvalue weighted by molar-refractivity contribution is 5.43. The highest BCUT2D eigenvalue weighted by atomic mass is 15.1. The third-order valence-corrected chi connectivity index (χ3v) is 2.61. The highest BCUT2D eigenvalue weighted by Crippen LogP contribution is 2.07. The fraction of sp³-hybridized carbons (Fsp3) is 0.571. The van der Waals surface area contributed by atoms with Crippen molar-refractivity contribution >= 4 is 5.69 Å². The Kier molecular flexibility index (Phi) is 8.64. The number of anilines is 1. The van der Waals surface area contributed by atoms with E-state index in [4.69, 9.17) is 0 Å². The molecule has 16 heavy (non-hydrogen) atoms. The van der Waals surface area contributed by atoms with E-state index in [1.165, 1.54) is 25.3 Å². The van der Waals surface area contributed by atoms with Crippen LogP contribution in [-0.2, 0) is 0 Å². The molecule has 0 unspecified atom stereocenters. The number of hydrogen-bond acceptors (Lipinski definition) is 2. The van der Waals surface area contributed by atoms with E-state index in [2.05, 4.69) is 42.7 Å². The normalized spacial score (nSPS) is 9.62. The predicted molar refractivity (Wildman–Crippen MR) is 74.2 cm³/mol. The standard InChI is InChI=1S/C8H11N.C6H15N/c1-9(2)8-6-4-3-5-7-8;1-4-7(5-2)6-3/h3-7H,1-2H3;4-6H2,1-3H3. The average molecular weight is 222 g/mol. The van der Waals surface area contributed by atoms with E-state index >= 15 is 0 Å². The molecule has 1 rings (SSSR count). The number of rotatable bonds is 4. The lowest BCUT2D eigenvalue weighted by molar-refractivity contribution is 0.321. The molecule has 0 aromatic heterocycles. The van der Waals surface area contributed by atoms with E-state index in [1.54, 1.807) is 0 Å². The van der Waals surface area contributed by atoms with Crippen molar-refractivity contribution in [1.82, 2.24) is 4.90 Å². The molecule has 0 saturated heterocycles. The predicted octanol–water partition coefficient (Wildman–Crippen LogP) is 3.10. The molecule has 0 N–H and O–H groups in total. The fourth-order valence-corrected chi connectivity index (χ4v) is 1.40. The zero-order chi connectivity index (χ0) is 12.4. The molecule has 0 bridgehead atoms. The zero-order valence-corrected chi connectivity index (χ0v) is 11.4. The minimum Gasteiger partial charge on any atom is -0.378 e. The SMILES string of the molecule is CCN(CC)CC.CN(C)c1ccccc1.